The molecule has 2 atom stereocenters. The molecular formula is C16H20N4O8. The number of carbonyl (C=O) groups is 6. The number of rotatable bonds is 8. The Balaban J connectivity index is 1.61. The topological polar surface area (TPSA) is 169 Å². The molecule has 2 fully saturated rings. The van der Waals surface area contributed by atoms with Gasteiger partial charge in [0.2, 0.25) is 23.6 Å². The van der Waals surface area contributed by atoms with Gasteiger partial charge >= 0.3 is 11.9 Å². The number of piperazine rings is 2. The van der Waals surface area contributed by atoms with E-state index in [1.807, 2.05) is 0 Å². The summed E-state index contributed by atoms with van der Waals surface area (Å²) in [6, 6.07) is -1.55. The van der Waals surface area contributed by atoms with Crippen molar-refractivity contribution in [1.82, 2.24) is 21.3 Å². The number of hydrogen-bond donors (Lipinski definition) is 4. The quantitative estimate of drug-likeness (QED) is 0.243. The monoisotopic (exact) mass is 396 g/mol. The molecule has 152 valence electrons. The highest BCUT2D eigenvalue weighted by Gasteiger charge is 2.26. The molecule has 12 heteroatoms. The van der Waals surface area contributed by atoms with Gasteiger partial charge in [0, 0.05) is 25.0 Å². The molecule has 0 spiro atoms. The molecule has 0 bridgehead atoms. The average Bonchev–Trinajstić information content (AvgIpc) is 2.65. The summed E-state index contributed by atoms with van der Waals surface area (Å²) in [5, 5.41) is 9.70. The lowest BCUT2D eigenvalue weighted by atomic mass is 10.1. The first kappa shape index (κ1) is 20.9. The summed E-state index contributed by atoms with van der Waals surface area (Å²) in [7, 11) is 0. The fourth-order valence-electron chi connectivity index (χ4n) is 2.40. The third kappa shape index (κ3) is 6.70. The molecule has 0 radical (unpaired) electrons. The summed E-state index contributed by atoms with van der Waals surface area (Å²) in [5.41, 5.74) is 0. The molecule has 0 aromatic carbocycles. The van der Waals surface area contributed by atoms with Gasteiger partial charge in [0.25, 0.3) is 0 Å². The molecule has 2 aliphatic heterocycles. The Hall–Kier alpha value is -3.44. The van der Waals surface area contributed by atoms with Gasteiger partial charge in [-0.1, -0.05) is 0 Å². The maximum Gasteiger partial charge on any atom is 0.331 e. The zero-order valence-electron chi connectivity index (χ0n) is 14.8. The lowest BCUT2D eigenvalue weighted by Gasteiger charge is -2.22. The second-order valence-electron chi connectivity index (χ2n) is 5.92. The van der Waals surface area contributed by atoms with Crippen molar-refractivity contribution in [3.8, 4) is 0 Å². The van der Waals surface area contributed by atoms with E-state index in [1.54, 1.807) is 0 Å². The van der Waals surface area contributed by atoms with E-state index in [9.17, 15) is 28.8 Å². The smallest absolute Gasteiger partial charge is 0.331 e. The van der Waals surface area contributed by atoms with E-state index in [0.29, 0.717) is 0 Å². The van der Waals surface area contributed by atoms with Gasteiger partial charge in [-0.3, -0.25) is 19.2 Å². The van der Waals surface area contributed by atoms with Gasteiger partial charge < -0.3 is 30.7 Å². The van der Waals surface area contributed by atoms with Crippen LogP contribution in [0.3, 0.4) is 0 Å². The Bertz CT molecular complexity index is 647. The number of carbonyl (C=O) groups excluding carboxylic acids is 6. The van der Waals surface area contributed by atoms with Crippen LogP contribution in [0.5, 0.6) is 0 Å². The van der Waals surface area contributed by atoms with Crippen LogP contribution in [-0.2, 0) is 38.2 Å². The molecular weight excluding hydrogens is 376 g/mol. The van der Waals surface area contributed by atoms with Crippen molar-refractivity contribution < 1.29 is 38.2 Å². The zero-order valence-corrected chi connectivity index (χ0v) is 14.8. The Morgan fingerprint density at radius 1 is 0.786 bits per heavy atom. The molecule has 0 aromatic heterocycles. The highest BCUT2D eigenvalue weighted by atomic mass is 16.5. The first-order valence-electron chi connectivity index (χ1n) is 8.51. The highest BCUT2D eigenvalue weighted by molar-refractivity contribution is 5.95. The van der Waals surface area contributed by atoms with Crippen molar-refractivity contribution in [3.05, 3.63) is 12.2 Å². The molecule has 0 aromatic rings. The van der Waals surface area contributed by atoms with Crippen molar-refractivity contribution in [3.63, 3.8) is 0 Å². The fraction of sp³-hybridized carbons (Fsp3) is 0.500. The molecule has 2 heterocycles. The van der Waals surface area contributed by atoms with Crippen LogP contribution in [-0.4, -0.2) is 74.0 Å². The Morgan fingerprint density at radius 3 is 1.57 bits per heavy atom. The maximum atomic E-state index is 11.5. The molecule has 0 aliphatic carbocycles. The number of esters is 2. The van der Waals surface area contributed by atoms with E-state index < -0.39 is 24.0 Å². The van der Waals surface area contributed by atoms with E-state index in [-0.39, 0.29) is 62.8 Å². The molecule has 4 amide bonds. The first-order valence-corrected chi connectivity index (χ1v) is 8.51. The fourth-order valence-corrected chi connectivity index (χ4v) is 2.40. The van der Waals surface area contributed by atoms with Gasteiger partial charge in [0.1, 0.15) is 12.1 Å². The zero-order chi connectivity index (χ0) is 20.5. The van der Waals surface area contributed by atoms with Gasteiger partial charge in [-0.15, -0.1) is 0 Å². The molecule has 2 aliphatic rings. The van der Waals surface area contributed by atoms with Gasteiger partial charge in [-0.05, 0) is 0 Å². The van der Waals surface area contributed by atoms with Gasteiger partial charge in [0.15, 0.2) is 0 Å². The van der Waals surface area contributed by atoms with Crippen LogP contribution in [0.15, 0.2) is 12.2 Å². The Morgan fingerprint density at radius 2 is 1.18 bits per heavy atom. The molecule has 0 unspecified atom stereocenters. The summed E-state index contributed by atoms with van der Waals surface area (Å²) >= 11 is 0. The molecule has 0 saturated carbocycles. The van der Waals surface area contributed by atoms with Crippen LogP contribution < -0.4 is 21.3 Å². The van der Waals surface area contributed by atoms with Crippen molar-refractivity contribution in [2.24, 2.45) is 0 Å². The van der Waals surface area contributed by atoms with E-state index in [0.717, 1.165) is 12.2 Å². The van der Waals surface area contributed by atoms with Gasteiger partial charge in [0.05, 0.1) is 26.3 Å². The van der Waals surface area contributed by atoms with Crippen LogP contribution in [0.25, 0.3) is 0 Å². The van der Waals surface area contributed by atoms with Crippen LogP contribution >= 0.6 is 0 Å². The van der Waals surface area contributed by atoms with E-state index >= 15 is 0 Å². The molecule has 4 N–H and O–H groups in total. The SMILES string of the molecule is O=C1CNC(=O)[C@H](CCOC(=O)/C=C/C(=O)OCC[C@@H]2NC(=O)CNC2=O)N1. The molecule has 2 rings (SSSR count). The second kappa shape index (κ2) is 10.0. The van der Waals surface area contributed by atoms with Crippen molar-refractivity contribution in [1.29, 1.82) is 0 Å². The van der Waals surface area contributed by atoms with Crippen LogP contribution in [0.4, 0.5) is 0 Å². The Labute approximate surface area is 159 Å². The van der Waals surface area contributed by atoms with E-state index in [2.05, 4.69) is 21.3 Å². The lowest BCUT2D eigenvalue weighted by Crippen LogP contribution is -2.56. The number of hydrogen-bond acceptors (Lipinski definition) is 8. The minimum atomic E-state index is -0.821. The van der Waals surface area contributed by atoms with Crippen molar-refractivity contribution >= 4 is 35.6 Å². The average molecular weight is 396 g/mol. The number of ether oxygens (including phenoxy) is 2. The van der Waals surface area contributed by atoms with Crippen LogP contribution in [0, 0.1) is 0 Å². The summed E-state index contributed by atoms with van der Waals surface area (Å²) in [6.45, 7) is -0.435. The lowest BCUT2D eigenvalue weighted by molar-refractivity contribution is -0.141. The largest absolute Gasteiger partial charge is 0.462 e. The summed E-state index contributed by atoms with van der Waals surface area (Å²) in [6.07, 6.45) is 1.90. The molecule has 12 nitrogen and oxygen atoms in total. The second-order valence-corrected chi connectivity index (χ2v) is 5.92. The maximum absolute atomic E-state index is 11.5. The first-order chi connectivity index (χ1) is 13.3. The Kier molecular flexibility index (Phi) is 7.48. The standard InChI is InChI=1S/C16H20N4O8/c21-11-7-17-15(25)9(19-11)3-5-27-13(23)1-2-14(24)28-6-4-10-16(26)18-8-12(22)20-10/h1-2,9-10H,3-8H2,(H,17,25)(H,18,26)(H,19,21)(H,20,22)/b2-1+/t9-,10-/m0/s1. The normalized spacial score (nSPS) is 22.0. The third-order valence-electron chi connectivity index (χ3n) is 3.81. The number of nitrogens with one attached hydrogen (secondary N) is 4. The predicted octanol–water partition coefficient (Wildman–Crippen LogP) is -3.36. The third-order valence-corrected chi connectivity index (χ3v) is 3.81. The van der Waals surface area contributed by atoms with Crippen molar-refractivity contribution in [2.75, 3.05) is 26.3 Å². The van der Waals surface area contributed by atoms with Gasteiger partial charge in [-0.2, -0.15) is 0 Å². The predicted molar refractivity (Wildman–Crippen MR) is 90.2 cm³/mol. The van der Waals surface area contributed by atoms with E-state index in [4.69, 9.17) is 9.47 Å². The number of amides is 4. The summed E-state index contributed by atoms with van der Waals surface area (Å²) < 4.78 is 9.68. The summed E-state index contributed by atoms with van der Waals surface area (Å²) in [4.78, 5) is 68.4. The van der Waals surface area contributed by atoms with Crippen LogP contribution in [0.2, 0.25) is 0 Å². The highest BCUT2D eigenvalue weighted by Crippen LogP contribution is 2.00. The van der Waals surface area contributed by atoms with Gasteiger partial charge in [-0.25, -0.2) is 9.59 Å². The minimum Gasteiger partial charge on any atom is -0.462 e. The van der Waals surface area contributed by atoms with E-state index in [1.165, 1.54) is 0 Å². The minimum absolute atomic E-state index is 0.0856. The molecule has 28 heavy (non-hydrogen) atoms. The summed E-state index contributed by atoms with van der Waals surface area (Å²) in [5.74, 6) is -3.03. The van der Waals surface area contributed by atoms with Crippen molar-refractivity contribution in [2.45, 2.75) is 24.9 Å². The molecule has 2 saturated heterocycles. The van der Waals surface area contributed by atoms with Crippen LogP contribution in [0.1, 0.15) is 12.8 Å².